The van der Waals surface area contributed by atoms with Crippen LogP contribution in [-0.2, 0) is 0 Å². The van der Waals surface area contributed by atoms with Crippen LogP contribution in [0, 0.1) is 9.77 Å². The largest absolute Gasteiger partial charge is 0.494 e. The number of hydrogen-bond donors (Lipinski definition) is 2. The summed E-state index contributed by atoms with van der Waals surface area (Å²) in [5, 5.41) is 9.38. The van der Waals surface area contributed by atoms with E-state index in [0.717, 1.165) is 0 Å². The number of para-hydroxylation sites is 1. The fraction of sp³-hybridized carbons (Fsp3) is 0. The molecule has 0 atom stereocenters. The monoisotopic (exact) mass is 254 g/mol. The fourth-order valence-electron chi connectivity index (χ4n) is 1.10. The number of hydrogen-bond acceptors (Lipinski definition) is 4. The minimum Gasteiger partial charge on any atom is -0.494 e. The fourth-order valence-corrected chi connectivity index (χ4v) is 2.07. The Morgan fingerprint density at radius 3 is 2.81 bits per heavy atom. The molecule has 1 aromatic heterocycles. The molecule has 6 heteroatoms. The van der Waals surface area contributed by atoms with Gasteiger partial charge in [0.05, 0.1) is 11.9 Å². The van der Waals surface area contributed by atoms with Crippen LogP contribution in [0.2, 0.25) is 0 Å². The average molecular weight is 254 g/mol. The van der Waals surface area contributed by atoms with Crippen LogP contribution in [0.25, 0.3) is 0 Å². The van der Waals surface area contributed by atoms with Crippen molar-refractivity contribution in [3.05, 3.63) is 38.9 Å². The summed E-state index contributed by atoms with van der Waals surface area (Å²) >= 11 is 6.02. The van der Waals surface area contributed by atoms with Gasteiger partial charge in [0.15, 0.2) is 3.95 Å². The molecule has 2 aromatic rings. The molecule has 16 heavy (non-hydrogen) atoms. The van der Waals surface area contributed by atoms with Crippen LogP contribution in [0.4, 0.5) is 10.1 Å². The lowest BCUT2D eigenvalue weighted by molar-refractivity contribution is 0.456. The van der Waals surface area contributed by atoms with Gasteiger partial charge in [0, 0.05) is 0 Å². The van der Waals surface area contributed by atoms with Gasteiger partial charge in [-0.25, -0.2) is 4.39 Å². The number of thiazole rings is 1. The van der Waals surface area contributed by atoms with E-state index in [0.29, 0.717) is 8.83 Å². The zero-order chi connectivity index (χ0) is 11.5. The maximum Gasteiger partial charge on any atom is 0.209 e. The Bertz CT molecular complexity index is 589. The maximum atomic E-state index is 13.2. The van der Waals surface area contributed by atoms with E-state index in [2.05, 4.69) is 9.98 Å². The molecule has 0 radical (unpaired) electrons. The third kappa shape index (κ3) is 2.34. The molecule has 0 aliphatic carbocycles. The number of aromatic nitrogens is 1. The van der Waals surface area contributed by atoms with E-state index in [1.165, 1.54) is 23.6 Å². The molecule has 0 saturated heterocycles. The Morgan fingerprint density at radius 1 is 1.44 bits per heavy atom. The number of halogens is 1. The summed E-state index contributed by atoms with van der Waals surface area (Å²) < 4.78 is 13.6. The van der Waals surface area contributed by atoms with Gasteiger partial charge in [-0.15, -0.1) is 0 Å². The second-order valence-corrected chi connectivity index (χ2v) is 4.66. The zero-order valence-corrected chi connectivity index (χ0v) is 9.61. The van der Waals surface area contributed by atoms with Crippen LogP contribution in [0.5, 0.6) is 5.88 Å². The van der Waals surface area contributed by atoms with E-state index in [-0.39, 0.29) is 11.6 Å². The topological polar surface area (TPSA) is 48.4 Å². The third-order valence-electron chi connectivity index (χ3n) is 1.83. The number of aromatic hydroxyl groups is 1. The van der Waals surface area contributed by atoms with E-state index >= 15 is 0 Å². The Balaban J connectivity index is 2.32. The SMILES string of the molecule is Oc1[nH]c(=S)sc1C=Nc1ccccc1F. The molecule has 0 aliphatic heterocycles. The molecule has 0 aliphatic rings. The molecule has 0 amide bonds. The molecule has 2 N–H and O–H groups in total. The Labute approximate surface area is 99.9 Å². The molecule has 0 saturated carbocycles. The molecule has 1 aromatic carbocycles. The van der Waals surface area contributed by atoms with Gasteiger partial charge in [-0.05, 0) is 24.4 Å². The number of nitrogens with zero attached hydrogens (tertiary/aromatic N) is 1. The molecule has 1 heterocycles. The van der Waals surface area contributed by atoms with Gasteiger partial charge in [-0.3, -0.25) is 4.99 Å². The number of aliphatic imine (C=N–C) groups is 1. The first kappa shape index (κ1) is 11.0. The van der Waals surface area contributed by atoms with Crippen LogP contribution in [0.3, 0.4) is 0 Å². The molecule has 2 rings (SSSR count). The standard InChI is InChI=1S/C10H7FN2OS2/c11-6-3-1-2-4-7(6)12-5-8-9(14)13-10(15)16-8/h1-5,14H,(H,13,15). The lowest BCUT2D eigenvalue weighted by Gasteiger charge is -1.93. The Kier molecular flexibility index (Phi) is 3.12. The van der Waals surface area contributed by atoms with E-state index in [1.54, 1.807) is 18.2 Å². The highest BCUT2D eigenvalue weighted by atomic mass is 32.1. The summed E-state index contributed by atoms with van der Waals surface area (Å²) in [7, 11) is 0. The van der Waals surface area contributed by atoms with Crippen molar-refractivity contribution >= 4 is 35.5 Å². The first-order valence-electron chi connectivity index (χ1n) is 4.37. The summed E-state index contributed by atoms with van der Waals surface area (Å²) in [4.78, 5) is 6.98. The van der Waals surface area contributed by atoms with Gasteiger partial charge < -0.3 is 10.1 Å². The highest BCUT2D eigenvalue weighted by molar-refractivity contribution is 7.73. The van der Waals surface area contributed by atoms with Crippen LogP contribution in [0.15, 0.2) is 29.3 Å². The minimum atomic E-state index is -0.405. The Morgan fingerprint density at radius 2 is 2.19 bits per heavy atom. The maximum absolute atomic E-state index is 13.2. The molecule has 82 valence electrons. The normalized spacial score (nSPS) is 11.1. The van der Waals surface area contributed by atoms with Crippen molar-refractivity contribution < 1.29 is 9.50 Å². The predicted molar refractivity (Wildman–Crippen MR) is 64.8 cm³/mol. The summed E-state index contributed by atoms with van der Waals surface area (Å²) in [6.45, 7) is 0. The lowest BCUT2D eigenvalue weighted by atomic mass is 10.3. The van der Waals surface area contributed by atoms with Crippen molar-refractivity contribution in [3.8, 4) is 5.88 Å². The smallest absolute Gasteiger partial charge is 0.209 e. The van der Waals surface area contributed by atoms with Gasteiger partial charge in [0.1, 0.15) is 10.7 Å². The number of rotatable bonds is 2. The molecule has 0 unspecified atom stereocenters. The van der Waals surface area contributed by atoms with Gasteiger partial charge in [0.2, 0.25) is 5.88 Å². The summed E-state index contributed by atoms with van der Waals surface area (Å²) in [5.41, 5.74) is 0.223. The predicted octanol–water partition coefficient (Wildman–Crippen LogP) is 3.40. The number of aromatic amines is 1. The van der Waals surface area contributed by atoms with Crippen LogP contribution >= 0.6 is 23.6 Å². The van der Waals surface area contributed by atoms with Gasteiger partial charge in [-0.2, -0.15) is 0 Å². The van der Waals surface area contributed by atoms with Crippen LogP contribution in [0.1, 0.15) is 4.88 Å². The summed E-state index contributed by atoms with van der Waals surface area (Å²) in [6.07, 6.45) is 1.38. The van der Waals surface area contributed by atoms with Crippen molar-refractivity contribution in [2.24, 2.45) is 4.99 Å². The van der Waals surface area contributed by atoms with E-state index < -0.39 is 5.82 Å². The number of nitrogens with one attached hydrogen (secondary N) is 1. The van der Waals surface area contributed by atoms with E-state index in [1.807, 2.05) is 0 Å². The second kappa shape index (κ2) is 4.54. The summed E-state index contributed by atoms with van der Waals surface area (Å²) in [5.74, 6) is -0.451. The molecular weight excluding hydrogens is 247 g/mol. The Hall–Kier alpha value is -1.53. The number of H-pyrrole nitrogens is 1. The minimum absolute atomic E-state index is 0.0462. The van der Waals surface area contributed by atoms with Crippen LogP contribution < -0.4 is 0 Å². The second-order valence-electron chi connectivity index (χ2n) is 2.94. The quantitative estimate of drug-likeness (QED) is 0.637. The van der Waals surface area contributed by atoms with Crippen molar-refractivity contribution in [2.45, 2.75) is 0 Å². The first-order valence-corrected chi connectivity index (χ1v) is 5.60. The lowest BCUT2D eigenvalue weighted by Crippen LogP contribution is -1.78. The molecular formula is C10H7FN2OS2. The average Bonchev–Trinajstić information content (AvgIpc) is 2.56. The molecule has 3 nitrogen and oxygen atoms in total. The van der Waals surface area contributed by atoms with Gasteiger partial charge in [0.25, 0.3) is 0 Å². The first-order chi connectivity index (χ1) is 7.66. The highest BCUT2D eigenvalue weighted by Gasteiger charge is 2.02. The molecule has 0 fully saturated rings. The third-order valence-corrected chi connectivity index (χ3v) is 2.99. The van der Waals surface area contributed by atoms with E-state index in [4.69, 9.17) is 12.2 Å². The van der Waals surface area contributed by atoms with Gasteiger partial charge in [-0.1, -0.05) is 23.5 Å². The number of benzene rings is 1. The van der Waals surface area contributed by atoms with Crippen molar-refractivity contribution in [1.82, 2.24) is 4.98 Å². The zero-order valence-electron chi connectivity index (χ0n) is 7.98. The van der Waals surface area contributed by atoms with Crippen molar-refractivity contribution in [1.29, 1.82) is 0 Å². The van der Waals surface area contributed by atoms with Gasteiger partial charge >= 0.3 is 0 Å². The highest BCUT2D eigenvalue weighted by Crippen LogP contribution is 2.21. The van der Waals surface area contributed by atoms with Crippen molar-refractivity contribution in [2.75, 3.05) is 0 Å². The summed E-state index contributed by atoms with van der Waals surface area (Å²) in [6, 6.07) is 6.15. The van der Waals surface area contributed by atoms with Crippen LogP contribution in [-0.4, -0.2) is 16.3 Å². The van der Waals surface area contributed by atoms with E-state index in [9.17, 15) is 9.50 Å². The van der Waals surface area contributed by atoms with Crippen molar-refractivity contribution in [3.63, 3.8) is 0 Å². The molecule has 0 bridgehead atoms. The molecule has 0 spiro atoms.